The Morgan fingerprint density at radius 3 is 2.11 bits per heavy atom. The second-order valence-corrected chi connectivity index (χ2v) is 6.45. The second kappa shape index (κ2) is 7.43. The summed E-state index contributed by atoms with van der Waals surface area (Å²) in [7, 11) is 3.34. The number of ketones is 1. The summed E-state index contributed by atoms with van der Waals surface area (Å²) in [5.41, 5.74) is 0.427. The summed E-state index contributed by atoms with van der Waals surface area (Å²) in [5.74, 6) is -1.68. The minimum absolute atomic E-state index is 0.0499. The maximum atomic E-state index is 13.0. The summed E-state index contributed by atoms with van der Waals surface area (Å²) in [5, 5.41) is 11.4. The van der Waals surface area contributed by atoms with E-state index < -0.39 is 29.1 Å². The number of fused-ring (bicyclic) bond motifs is 1. The van der Waals surface area contributed by atoms with Crippen molar-refractivity contribution in [3.63, 3.8) is 0 Å². The number of hydrogen-bond donors (Lipinski definition) is 0. The maximum Gasteiger partial charge on any atom is 0.277 e. The molecule has 8 heteroatoms. The molecule has 2 amide bonds. The molecule has 0 fully saturated rings. The van der Waals surface area contributed by atoms with Gasteiger partial charge in [-0.2, -0.15) is 0 Å². The highest BCUT2D eigenvalue weighted by Gasteiger charge is 2.37. The van der Waals surface area contributed by atoms with Gasteiger partial charge >= 0.3 is 0 Å². The summed E-state index contributed by atoms with van der Waals surface area (Å²) in [6, 6.07) is 12.2. The molecule has 0 atom stereocenters. The summed E-state index contributed by atoms with van der Waals surface area (Å²) in [4.78, 5) is 51.2. The Morgan fingerprint density at radius 1 is 1.04 bits per heavy atom. The minimum atomic E-state index is -0.575. The van der Waals surface area contributed by atoms with E-state index in [2.05, 4.69) is 0 Å². The molecule has 0 saturated heterocycles. The predicted molar refractivity (Wildman–Crippen MR) is 102 cm³/mol. The molecule has 28 heavy (non-hydrogen) atoms. The zero-order valence-corrected chi connectivity index (χ0v) is 15.3. The van der Waals surface area contributed by atoms with Gasteiger partial charge in [-0.15, -0.1) is 0 Å². The average molecular weight is 379 g/mol. The van der Waals surface area contributed by atoms with Crippen LogP contribution in [0.25, 0.3) is 5.57 Å². The van der Waals surface area contributed by atoms with Crippen molar-refractivity contribution in [1.82, 2.24) is 9.80 Å². The van der Waals surface area contributed by atoms with Crippen molar-refractivity contribution in [2.75, 3.05) is 20.6 Å². The van der Waals surface area contributed by atoms with Gasteiger partial charge in [0.2, 0.25) is 0 Å². The van der Waals surface area contributed by atoms with Crippen molar-refractivity contribution >= 4 is 28.9 Å². The number of rotatable bonds is 6. The fourth-order valence-electron chi connectivity index (χ4n) is 3.02. The van der Waals surface area contributed by atoms with Gasteiger partial charge in [-0.1, -0.05) is 24.3 Å². The predicted octanol–water partition coefficient (Wildman–Crippen LogP) is 2.36. The lowest BCUT2D eigenvalue weighted by molar-refractivity contribution is -0.385. The molecule has 3 rings (SSSR count). The van der Waals surface area contributed by atoms with Gasteiger partial charge < -0.3 is 4.90 Å². The number of amides is 2. The first kappa shape index (κ1) is 19.0. The molecule has 1 heterocycles. The van der Waals surface area contributed by atoms with E-state index >= 15 is 0 Å². The Balaban J connectivity index is 1.96. The molecule has 1 aliphatic heterocycles. The number of nitro benzene ring substituents is 1. The number of hydrogen-bond acceptors (Lipinski definition) is 6. The van der Waals surface area contributed by atoms with Crippen molar-refractivity contribution in [2.45, 2.75) is 0 Å². The Hall–Kier alpha value is -3.81. The molecule has 0 saturated carbocycles. The van der Waals surface area contributed by atoms with Gasteiger partial charge in [-0.25, -0.2) is 0 Å². The molecule has 0 aliphatic carbocycles. The van der Waals surface area contributed by atoms with Crippen LogP contribution < -0.4 is 0 Å². The Morgan fingerprint density at radius 2 is 1.57 bits per heavy atom. The van der Waals surface area contributed by atoms with E-state index in [4.69, 9.17) is 0 Å². The van der Waals surface area contributed by atoms with Gasteiger partial charge in [-0.3, -0.25) is 29.4 Å². The van der Waals surface area contributed by atoms with Crippen molar-refractivity contribution in [3.05, 3.63) is 81.5 Å². The number of carbonyl (C=O) groups excluding carboxylic acids is 3. The largest absolute Gasteiger partial charge is 0.383 e. The lowest BCUT2D eigenvalue weighted by atomic mass is 10.00. The van der Waals surface area contributed by atoms with Gasteiger partial charge in [-0.05, 0) is 18.2 Å². The van der Waals surface area contributed by atoms with E-state index in [9.17, 15) is 24.5 Å². The van der Waals surface area contributed by atoms with Crippen LogP contribution in [0.15, 0.2) is 54.7 Å². The van der Waals surface area contributed by atoms with E-state index in [0.717, 1.165) is 4.90 Å². The van der Waals surface area contributed by atoms with Crippen molar-refractivity contribution in [1.29, 1.82) is 0 Å². The Bertz CT molecular complexity index is 991. The second-order valence-electron chi connectivity index (χ2n) is 6.45. The number of carbonyl (C=O) groups is 3. The van der Waals surface area contributed by atoms with Crippen molar-refractivity contribution in [3.8, 4) is 0 Å². The van der Waals surface area contributed by atoms with Gasteiger partial charge in [0.25, 0.3) is 17.5 Å². The first-order valence-corrected chi connectivity index (χ1v) is 8.41. The SMILES string of the molecule is CN(C)C=C(C(=O)CN1C(=O)c2ccccc2C1=O)c1ccccc1[N+](=O)[O-]. The molecule has 2 aromatic rings. The standard InChI is InChI=1S/C20H17N3O5/c1-21(2)11-16(13-7-5-6-10-17(13)23(27)28)18(24)12-22-19(25)14-8-3-4-9-15(14)20(22)26/h3-11H,12H2,1-2H3. The highest BCUT2D eigenvalue weighted by Crippen LogP contribution is 2.28. The molecular weight excluding hydrogens is 362 g/mol. The van der Waals surface area contributed by atoms with Crippen LogP contribution in [0.4, 0.5) is 5.69 Å². The molecule has 0 spiro atoms. The molecule has 0 radical (unpaired) electrons. The highest BCUT2D eigenvalue weighted by atomic mass is 16.6. The molecular formula is C20H17N3O5. The minimum Gasteiger partial charge on any atom is -0.383 e. The number of nitrogens with zero attached hydrogens (tertiary/aromatic N) is 3. The van der Waals surface area contributed by atoms with Crippen LogP contribution in [0.3, 0.4) is 0 Å². The molecule has 2 aromatic carbocycles. The number of benzene rings is 2. The molecule has 0 unspecified atom stereocenters. The zero-order chi connectivity index (χ0) is 20.4. The topological polar surface area (TPSA) is 101 Å². The quantitative estimate of drug-likeness (QED) is 0.331. The lowest BCUT2D eigenvalue weighted by Crippen LogP contribution is -2.35. The smallest absolute Gasteiger partial charge is 0.277 e. The number of para-hydroxylation sites is 1. The van der Waals surface area contributed by atoms with E-state index in [1.165, 1.54) is 36.5 Å². The van der Waals surface area contributed by atoms with E-state index in [1.807, 2.05) is 0 Å². The molecule has 142 valence electrons. The Labute approximate surface area is 160 Å². The lowest BCUT2D eigenvalue weighted by Gasteiger charge is -2.16. The number of nitro groups is 1. The normalized spacial score (nSPS) is 13.5. The molecule has 0 aromatic heterocycles. The summed E-state index contributed by atoms with van der Waals surface area (Å²) < 4.78 is 0. The van der Waals surface area contributed by atoms with Crippen LogP contribution in [-0.2, 0) is 4.79 Å². The van der Waals surface area contributed by atoms with E-state index in [0.29, 0.717) is 0 Å². The molecule has 8 nitrogen and oxygen atoms in total. The fraction of sp³-hybridized carbons (Fsp3) is 0.150. The van der Waals surface area contributed by atoms with Crippen LogP contribution in [-0.4, -0.2) is 53.0 Å². The van der Waals surface area contributed by atoms with Gasteiger partial charge in [0, 0.05) is 31.9 Å². The van der Waals surface area contributed by atoms with Gasteiger partial charge in [0.05, 0.1) is 28.2 Å². The van der Waals surface area contributed by atoms with Crippen LogP contribution in [0.2, 0.25) is 0 Å². The monoisotopic (exact) mass is 379 g/mol. The first-order valence-electron chi connectivity index (χ1n) is 8.41. The number of imide groups is 1. The van der Waals surface area contributed by atoms with E-state index in [1.54, 1.807) is 37.2 Å². The summed E-state index contributed by atoms with van der Waals surface area (Å²) >= 11 is 0. The van der Waals surface area contributed by atoms with Crippen molar-refractivity contribution < 1.29 is 19.3 Å². The average Bonchev–Trinajstić information content (AvgIpc) is 2.91. The first-order chi connectivity index (χ1) is 13.3. The third-order valence-corrected chi connectivity index (χ3v) is 4.26. The summed E-state index contributed by atoms with van der Waals surface area (Å²) in [6.45, 7) is -0.502. The Kier molecular flexibility index (Phi) is 5.04. The zero-order valence-electron chi connectivity index (χ0n) is 15.3. The maximum absolute atomic E-state index is 13.0. The van der Waals surface area contributed by atoms with Gasteiger partial charge in [0.1, 0.15) is 0 Å². The van der Waals surface area contributed by atoms with Crippen LogP contribution in [0, 0.1) is 10.1 Å². The van der Waals surface area contributed by atoms with Crippen molar-refractivity contribution in [2.24, 2.45) is 0 Å². The number of Topliss-reactive ketones (excluding diaryl/α,β-unsaturated/α-hetero) is 1. The fourth-order valence-corrected chi connectivity index (χ4v) is 3.02. The van der Waals surface area contributed by atoms with Crippen LogP contribution in [0.5, 0.6) is 0 Å². The highest BCUT2D eigenvalue weighted by molar-refractivity contribution is 6.27. The molecule has 1 aliphatic rings. The van der Waals surface area contributed by atoms with Crippen LogP contribution in [0.1, 0.15) is 26.3 Å². The summed E-state index contributed by atoms with van der Waals surface area (Å²) in [6.07, 6.45) is 1.45. The van der Waals surface area contributed by atoms with E-state index in [-0.39, 0.29) is 28.0 Å². The third-order valence-electron chi connectivity index (χ3n) is 4.26. The third kappa shape index (κ3) is 3.39. The molecule has 0 bridgehead atoms. The molecule has 0 N–H and O–H groups in total. The van der Waals surface area contributed by atoms with Gasteiger partial charge in [0.15, 0.2) is 5.78 Å². The van der Waals surface area contributed by atoms with Crippen LogP contribution >= 0.6 is 0 Å².